The average Bonchev–Trinajstić information content (AvgIpc) is 3.07. The van der Waals surface area contributed by atoms with Crippen LogP contribution in [0, 0.1) is 18.8 Å². The second-order valence-corrected chi connectivity index (χ2v) is 9.05. The molecule has 1 saturated heterocycles. The number of hydrogen-bond acceptors (Lipinski definition) is 3. The van der Waals surface area contributed by atoms with Crippen molar-refractivity contribution in [3.8, 4) is 0 Å². The Morgan fingerprint density at radius 2 is 1.78 bits per heavy atom. The molecule has 5 nitrogen and oxygen atoms in total. The van der Waals surface area contributed by atoms with Crippen LogP contribution in [0.25, 0.3) is 0 Å². The summed E-state index contributed by atoms with van der Waals surface area (Å²) in [5.41, 5.74) is 1.13. The summed E-state index contributed by atoms with van der Waals surface area (Å²) < 4.78 is 26.0. The minimum absolute atomic E-state index is 0.0467. The summed E-state index contributed by atoms with van der Waals surface area (Å²) in [5.74, 6) is 1.22. The molecule has 1 aromatic rings. The van der Waals surface area contributed by atoms with Crippen molar-refractivity contribution in [2.45, 2.75) is 31.1 Å². The largest absolute Gasteiger partial charge is 0.338 e. The second-order valence-electron chi connectivity index (χ2n) is 6.93. The molecule has 1 heterocycles. The summed E-state index contributed by atoms with van der Waals surface area (Å²) in [6.45, 7) is 3.38. The first kappa shape index (κ1) is 16.5. The number of aryl methyl sites for hydroxylation is 1. The fraction of sp³-hybridized carbons (Fsp3) is 0.588. The smallest absolute Gasteiger partial charge is 0.253 e. The van der Waals surface area contributed by atoms with Gasteiger partial charge in [0.05, 0.1) is 4.90 Å². The summed E-state index contributed by atoms with van der Waals surface area (Å²) in [6.07, 6.45) is 3.69. The molecule has 1 saturated carbocycles. The molecule has 1 aliphatic heterocycles. The van der Waals surface area contributed by atoms with Crippen molar-refractivity contribution in [3.05, 3.63) is 29.3 Å². The van der Waals surface area contributed by atoms with Gasteiger partial charge < -0.3 is 4.90 Å². The number of amides is 1. The fourth-order valence-corrected chi connectivity index (χ4v) is 4.94. The van der Waals surface area contributed by atoms with Gasteiger partial charge in [0.15, 0.2) is 0 Å². The first-order valence-electron chi connectivity index (χ1n) is 8.13. The van der Waals surface area contributed by atoms with Crippen molar-refractivity contribution in [1.82, 2.24) is 9.21 Å². The first-order chi connectivity index (χ1) is 10.8. The molecule has 2 atom stereocenters. The maximum absolute atomic E-state index is 12.8. The van der Waals surface area contributed by atoms with Gasteiger partial charge in [-0.2, -0.15) is 0 Å². The Kier molecular flexibility index (Phi) is 4.23. The molecule has 0 spiro atoms. The predicted octanol–water partition coefficient (Wildman–Crippen LogP) is 2.12. The Morgan fingerprint density at radius 1 is 1.17 bits per heavy atom. The average molecular weight is 336 g/mol. The SMILES string of the molecule is Cc1ccc(C(=O)N2CC3CCCC3C2)cc1S(=O)(=O)N(C)C. The van der Waals surface area contributed by atoms with Crippen LogP contribution in [0.1, 0.15) is 35.2 Å². The molecule has 2 fully saturated rings. The highest BCUT2D eigenvalue weighted by Gasteiger charge is 2.38. The molecule has 6 heteroatoms. The highest BCUT2D eigenvalue weighted by molar-refractivity contribution is 7.89. The van der Waals surface area contributed by atoms with E-state index < -0.39 is 10.0 Å². The van der Waals surface area contributed by atoms with Gasteiger partial charge in [0.25, 0.3) is 5.91 Å². The van der Waals surface area contributed by atoms with Gasteiger partial charge in [0, 0.05) is 32.7 Å². The summed E-state index contributed by atoms with van der Waals surface area (Å²) >= 11 is 0. The monoisotopic (exact) mass is 336 g/mol. The molecular formula is C17H24N2O3S. The van der Waals surface area contributed by atoms with Gasteiger partial charge >= 0.3 is 0 Å². The van der Waals surface area contributed by atoms with Gasteiger partial charge in [-0.15, -0.1) is 0 Å². The highest BCUT2D eigenvalue weighted by atomic mass is 32.2. The van der Waals surface area contributed by atoms with Crippen LogP contribution in [0.4, 0.5) is 0 Å². The lowest BCUT2D eigenvalue weighted by molar-refractivity contribution is 0.0780. The Labute approximate surface area is 138 Å². The topological polar surface area (TPSA) is 57.7 Å². The third kappa shape index (κ3) is 2.90. The molecule has 1 aromatic carbocycles. The molecule has 0 radical (unpaired) electrons. The number of rotatable bonds is 3. The Bertz CT molecular complexity index is 715. The molecule has 0 aromatic heterocycles. The number of benzene rings is 1. The Hall–Kier alpha value is -1.40. The van der Waals surface area contributed by atoms with Crippen molar-refractivity contribution >= 4 is 15.9 Å². The number of carbonyl (C=O) groups is 1. The number of fused-ring (bicyclic) bond motifs is 1. The number of hydrogen-bond donors (Lipinski definition) is 0. The van der Waals surface area contributed by atoms with E-state index in [1.807, 2.05) is 4.90 Å². The van der Waals surface area contributed by atoms with Gasteiger partial charge in [-0.25, -0.2) is 12.7 Å². The molecule has 0 N–H and O–H groups in total. The van der Waals surface area contributed by atoms with Crippen molar-refractivity contribution in [2.75, 3.05) is 27.2 Å². The van der Waals surface area contributed by atoms with Gasteiger partial charge in [-0.1, -0.05) is 12.5 Å². The van der Waals surface area contributed by atoms with Gasteiger partial charge in [0.2, 0.25) is 10.0 Å². The lowest BCUT2D eigenvalue weighted by Crippen LogP contribution is -2.30. The predicted molar refractivity (Wildman–Crippen MR) is 88.8 cm³/mol. The zero-order valence-electron chi connectivity index (χ0n) is 13.9. The summed E-state index contributed by atoms with van der Waals surface area (Å²) in [7, 11) is -0.530. The maximum Gasteiger partial charge on any atom is 0.253 e. The standard InChI is InChI=1S/C17H24N2O3S/c1-12-7-8-13(9-16(12)23(21,22)18(2)3)17(20)19-10-14-5-4-6-15(14)11-19/h7-9,14-15H,4-6,10-11H2,1-3H3. The van der Waals surface area contributed by atoms with Crippen LogP contribution in [0.5, 0.6) is 0 Å². The van der Waals surface area contributed by atoms with E-state index in [0.717, 1.165) is 13.1 Å². The first-order valence-corrected chi connectivity index (χ1v) is 9.57. The third-order valence-electron chi connectivity index (χ3n) is 5.21. The summed E-state index contributed by atoms with van der Waals surface area (Å²) in [5, 5.41) is 0. The normalized spacial score (nSPS) is 24.3. The van der Waals surface area contributed by atoms with Gasteiger partial charge in [-0.3, -0.25) is 4.79 Å². The van der Waals surface area contributed by atoms with Crippen molar-refractivity contribution in [3.63, 3.8) is 0 Å². The minimum Gasteiger partial charge on any atom is -0.338 e. The molecular weight excluding hydrogens is 312 g/mol. The Morgan fingerprint density at radius 3 is 2.35 bits per heavy atom. The van der Waals surface area contributed by atoms with Crippen LogP contribution in [0.2, 0.25) is 0 Å². The maximum atomic E-state index is 12.8. The fourth-order valence-electron chi connectivity index (χ4n) is 3.79. The minimum atomic E-state index is -3.54. The summed E-state index contributed by atoms with van der Waals surface area (Å²) in [4.78, 5) is 14.9. The lowest BCUT2D eigenvalue weighted by Gasteiger charge is -2.19. The molecule has 2 unspecified atom stereocenters. The van der Waals surface area contributed by atoms with E-state index in [1.54, 1.807) is 19.1 Å². The number of nitrogens with zero attached hydrogens (tertiary/aromatic N) is 2. The molecule has 126 valence electrons. The van der Waals surface area contributed by atoms with E-state index in [4.69, 9.17) is 0 Å². The number of carbonyl (C=O) groups excluding carboxylic acids is 1. The van der Waals surface area contributed by atoms with E-state index >= 15 is 0 Å². The molecule has 23 heavy (non-hydrogen) atoms. The Balaban J connectivity index is 1.88. The van der Waals surface area contributed by atoms with Crippen molar-refractivity contribution in [2.24, 2.45) is 11.8 Å². The molecule has 1 aliphatic carbocycles. The molecule has 1 amide bonds. The zero-order valence-corrected chi connectivity index (χ0v) is 14.8. The quantitative estimate of drug-likeness (QED) is 0.849. The molecule has 2 aliphatic rings. The van der Waals surface area contributed by atoms with E-state index in [1.165, 1.54) is 43.7 Å². The van der Waals surface area contributed by atoms with Crippen molar-refractivity contribution < 1.29 is 13.2 Å². The van der Waals surface area contributed by atoms with E-state index in [9.17, 15) is 13.2 Å². The second kappa shape index (κ2) is 5.91. The van der Waals surface area contributed by atoms with Crippen LogP contribution in [0.15, 0.2) is 23.1 Å². The van der Waals surface area contributed by atoms with Crippen LogP contribution < -0.4 is 0 Å². The van der Waals surface area contributed by atoms with Crippen LogP contribution >= 0.6 is 0 Å². The van der Waals surface area contributed by atoms with Crippen LogP contribution in [0.3, 0.4) is 0 Å². The van der Waals surface area contributed by atoms with E-state index in [0.29, 0.717) is 23.0 Å². The number of sulfonamides is 1. The molecule has 3 rings (SSSR count). The number of likely N-dealkylation sites (tertiary alicyclic amines) is 1. The van der Waals surface area contributed by atoms with E-state index in [2.05, 4.69) is 0 Å². The molecule has 0 bridgehead atoms. The van der Waals surface area contributed by atoms with Crippen LogP contribution in [-0.4, -0.2) is 50.7 Å². The van der Waals surface area contributed by atoms with Gasteiger partial charge in [0.1, 0.15) is 0 Å². The van der Waals surface area contributed by atoms with Crippen LogP contribution in [-0.2, 0) is 10.0 Å². The third-order valence-corrected chi connectivity index (χ3v) is 7.16. The van der Waals surface area contributed by atoms with Gasteiger partial charge in [-0.05, 0) is 49.3 Å². The summed E-state index contributed by atoms with van der Waals surface area (Å²) in [6, 6.07) is 4.99. The lowest BCUT2D eigenvalue weighted by atomic mass is 10.0. The van der Waals surface area contributed by atoms with E-state index in [-0.39, 0.29) is 10.8 Å². The zero-order chi connectivity index (χ0) is 16.8. The highest BCUT2D eigenvalue weighted by Crippen LogP contribution is 2.38. The van der Waals surface area contributed by atoms with Crippen molar-refractivity contribution in [1.29, 1.82) is 0 Å².